The van der Waals surface area contributed by atoms with Gasteiger partial charge in [-0.3, -0.25) is 14.4 Å². The Bertz CT molecular complexity index is 1030. The monoisotopic (exact) mass is 947 g/mol. The number of hydrogen-bond acceptors (Lipinski definition) is 6. The number of esters is 3. The van der Waals surface area contributed by atoms with E-state index in [1.165, 1.54) is 231 Å². The van der Waals surface area contributed by atoms with Gasteiger partial charge in [0.25, 0.3) is 0 Å². The molecule has 0 aromatic carbocycles. The van der Waals surface area contributed by atoms with Crippen LogP contribution in [0, 0.1) is 11.8 Å². The summed E-state index contributed by atoms with van der Waals surface area (Å²) in [6.07, 6.45) is 57.9. The van der Waals surface area contributed by atoms with Gasteiger partial charge >= 0.3 is 17.9 Å². The molecule has 0 rings (SSSR count). The Hall–Kier alpha value is -1.59. The first kappa shape index (κ1) is 65.4. The summed E-state index contributed by atoms with van der Waals surface area (Å²) in [5.74, 6) is 0.929. The van der Waals surface area contributed by atoms with Crippen molar-refractivity contribution in [2.75, 3.05) is 13.2 Å². The van der Waals surface area contributed by atoms with E-state index < -0.39 is 6.10 Å². The lowest BCUT2D eigenvalue weighted by Gasteiger charge is -2.18. The van der Waals surface area contributed by atoms with Crippen LogP contribution in [0.2, 0.25) is 0 Å². The van der Waals surface area contributed by atoms with Crippen LogP contribution in [-0.2, 0) is 28.6 Å². The van der Waals surface area contributed by atoms with E-state index in [-0.39, 0.29) is 31.1 Å². The average molecular weight is 948 g/mol. The van der Waals surface area contributed by atoms with Gasteiger partial charge in [0.15, 0.2) is 6.10 Å². The van der Waals surface area contributed by atoms with Crippen molar-refractivity contribution in [1.29, 1.82) is 0 Å². The molecule has 398 valence electrons. The van der Waals surface area contributed by atoms with Gasteiger partial charge in [0.05, 0.1) is 0 Å². The molecule has 0 saturated heterocycles. The number of unbranched alkanes of at least 4 members (excludes halogenated alkanes) is 38. The molecule has 3 atom stereocenters. The van der Waals surface area contributed by atoms with Gasteiger partial charge in [-0.05, 0) is 31.1 Å². The van der Waals surface area contributed by atoms with Crippen LogP contribution < -0.4 is 0 Å². The van der Waals surface area contributed by atoms with Gasteiger partial charge in [0.1, 0.15) is 13.2 Å². The highest BCUT2D eigenvalue weighted by Crippen LogP contribution is 2.19. The van der Waals surface area contributed by atoms with E-state index in [4.69, 9.17) is 14.2 Å². The molecule has 0 heterocycles. The number of carbonyl (C=O) groups excluding carboxylic acids is 3. The Morgan fingerprint density at radius 2 is 0.522 bits per heavy atom. The molecule has 0 aliphatic rings. The predicted molar refractivity (Wildman–Crippen MR) is 289 cm³/mol. The zero-order valence-corrected chi connectivity index (χ0v) is 46.0. The fourth-order valence-corrected chi connectivity index (χ4v) is 9.34. The van der Waals surface area contributed by atoms with E-state index in [0.29, 0.717) is 19.3 Å². The van der Waals surface area contributed by atoms with Crippen molar-refractivity contribution in [3.63, 3.8) is 0 Å². The lowest BCUT2D eigenvalue weighted by Crippen LogP contribution is -2.30. The van der Waals surface area contributed by atoms with E-state index in [0.717, 1.165) is 69.6 Å². The fraction of sp³-hybridized carbons (Fsp3) is 0.951. The van der Waals surface area contributed by atoms with Crippen LogP contribution in [0.1, 0.15) is 343 Å². The van der Waals surface area contributed by atoms with Gasteiger partial charge in [-0.2, -0.15) is 0 Å². The van der Waals surface area contributed by atoms with Gasteiger partial charge in [-0.1, -0.05) is 304 Å². The molecule has 0 aromatic heterocycles. The Morgan fingerprint density at radius 3 is 0.776 bits per heavy atom. The zero-order chi connectivity index (χ0) is 48.9. The second-order valence-electron chi connectivity index (χ2n) is 21.5. The van der Waals surface area contributed by atoms with Crippen LogP contribution in [-0.4, -0.2) is 37.2 Å². The lowest BCUT2D eigenvalue weighted by molar-refractivity contribution is -0.167. The Labute approximate surface area is 418 Å². The summed E-state index contributed by atoms with van der Waals surface area (Å²) in [6.45, 7) is 11.5. The third-order valence-corrected chi connectivity index (χ3v) is 14.7. The maximum Gasteiger partial charge on any atom is 0.306 e. The summed E-state index contributed by atoms with van der Waals surface area (Å²) in [5.41, 5.74) is 0. The van der Waals surface area contributed by atoms with Crippen LogP contribution in [0.25, 0.3) is 0 Å². The van der Waals surface area contributed by atoms with Crippen LogP contribution in [0.3, 0.4) is 0 Å². The molecule has 0 spiro atoms. The number of rotatable bonds is 55. The van der Waals surface area contributed by atoms with E-state index in [9.17, 15) is 14.4 Å². The van der Waals surface area contributed by atoms with Crippen LogP contribution in [0.5, 0.6) is 0 Å². The lowest BCUT2D eigenvalue weighted by atomic mass is 9.99. The first-order chi connectivity index (χ1) is 32.8. The molecule has 0 aliphatic heterocycles. The van der Waals surface area contributed by atoms with Gasteiger partial charge in [-0.15, -0.1) is 0 Å². The summed E-state index contributed by atoms with van der Waals surface area (Å²) in [4.78, 5) is 38.2. The van der Waals surface area contributed by atoms with E-state index >= 15 is 0 Å². The number of ether oxygens (including phenoxy) is 3. The Kier molecular flexibility index (Phi) is 52.5. The maximum atomic E-state index is 12.9. The largest absolute Gasteiger partial charge is 0.462 e. The Balaban J connectivity index is 4.30. The molecule has 0 fully saturated rings. The van der Waals surface area contributed by atoms with E-state index in [2.05, 4.69) is 34.6 Å². The summed E-state index contributed by atoms with van der Waals surface area (Å²) in [6, 6.07) is 0. The minimum absolute atomic E-state index is 0.0625. The summed E-state index contributed by atoms with van der Waals surface area (Å²) in [7, 11) is 0. The maximum absolute atomic E-state index is 12.9. The first-order valence-electron chi connectivity index (χ1n) is 30.3. The molecule has 0 amide bonds. The van der Waals surface area contributed by atoms with Crippen LogP contribution in [0.4, 0.5) is 0 Å². The number of hydrogen-bond donors (Lipinski definition) is 0. The molecule has 0 bridgehead atoms. The highest BCUT2D eigenvalue weighted by atomic mass is 16.6. The second-order valence-corrected chi connectivity index (χ2v) is 21.5. The summed E-state index contributed by atoms with van der Waals surface area (Å²) < 4.78 is 16.9. The normalized spacial score (nSPS) is 12.9. The summed E-state index contributed by atoms with van der Waals surface area (Å²) >= 11 is 0. The van der Waals surface area contributed by atoms with Crippen molar-refractivity contribution in [2.45, 2.75) is 349 Å². The molecule has 6 heteroatoms. The van der Waals surface area contributed by atoms with Crippen molar-refractivity contribution in [1.82, 2.24) is 0 Å². The predicted octanol–water partition coefficient (Wildman–Crippen LogP) is 20.0. The van der Waals surface area contributed by atoms with Gasteiger partial charge < -0.3 is 14.2 Å². The van der Waals surface area contributed by atoms with Crippen LogP contribution in [0.15, 0.2) is 0 Å². The SMILES string of the molecule is CCCCCCCCCCCCCCCCCCCC(=O)O[C@@H](COC(=O)CCCCCCCCCCCCCCCCC(C)CC)COC(=O)CCCCCCCCCCCCC(C)CC. The fourth-order valence-electron chi connectivity index (χ4n) is 9.34. The molecule has 67 heavy (non-hydrogen) atoms. The van der Waals surface area contributed by atoms with Crippen molar-refractivity contribution < 1.29 is 28.6 Å². The van der Waals surface area contributed by atoms with Gasteiger partial charge in [0.2, 0.25) is 0 Å². The third-order valence-electron chi connectivity index (χ3n) is 14.7. The van der Waals surface area contributed by atoms with Crippen LogP contribution >= 0.6 is 0 Å². The smallest absolute Gasteiger partial charge is 0.306 e. The molecule has 2 unspecified atom stereocenters. The van der Waals surface area contributed by atoms with Crippen molar-refractivity contribution in [3.05, 3.63) is 0 Å². The van der Waals surface area contributed by atoms with E-state index in [1.54, 1.807) is 0 Å². The standard InChI is InChI=1S/C61H118O6/c1-6-9-10-11-12-13-14-15-16-17-18-23-26-33-38-43-48-53-61(64)67-58(55-66-60(63)52-47-42-37-32-28-27-30-35-40-45-50-57(5)8-3)54-65-59(62)51-46-41-36-31-25-22-20-19-21-24-29-34-39-44-49-56(4)7-2/h56-58H,6-55H2,1-5H3/t56?,57?,58-/m0/s1. The molecular weight excluding hydrogens is 829 g/mol. The molecule has 0 saturated carbocycles. The minimum Gasteiger partial charge on any atom is -0.462 e. The molecule has 6 nitrogen and oxygen atoms in total. The zero-order valence-electron chi connectivity index (χ0n) is 46.0. The number of carbonyl (C=O) groups is 3. The summed E-state index contributed by atoms with van der Waals surface area (Å²) in [5, 5.41) is 0. The Morgan fingerprint density at radius 1 is 0.299 bits per heavy atom. The quantitative estimate of drug-likeness (QED) is 0.0343. The molecular formula is C61H118O6. The molecule has 0 N–H and O–H groups in total. The molecule has 0 radical (unpaired) electrons. The molecule has 0 aromatic rings. The van der Waals surface area contributed by atoms with E-state index in [1.807, 2.05) is 0 Å². The minimum atomic E-state index is -0.763. The highest BCUT2D eigenvalue weighted by molar-refractivity contribution is 5.71. The third kappa shape index (κ3) is 52.1. The van der Waals surface area contributed by atoms with Crippen molar-refractivity contribution in [3.8, 4) is 0 Å². The second kappa shape index (κ2) is 53.8. The van der Waals surface area contributed by atoms with Crippen molar-refractivity contribution in [2.24, 2.45) is 11.8 Å². The van der Waals surface area contributed by atoms with Crippen molar-refractivity contribution >= 4 is 17.9 Å². The molecule has 0 aliphatic carbocycles. The topological polar surface area (TPSA) is 78.9 Å². The highest BCUT2D eigenvalue weighted by Gasteiger charge is 2.19. The average Bonchev–Trinajstić information content (AvgIpc) is 3.33. The van der Waals surface area contributed by atoms with Gasteiger partial charge in [0, 0.05) is 19.3 Å². The van der Waals surface area contributed by atoms with Gasteiger partial charge in [-0.25, -0.2) is 0 Å². The first-order valence-corrected chi connectivity index (χ1v) is 30.3.